The van der Waals surface area contributed by atoms with Gasteiger partial charge in [-0.05, 0) is 11.6 Å². The van der Waals surface area contributed by atoms with Crippen molar-refractivity contribution < 1.29 is 4.74 Å². The normalized spacial score (nSPS) is 10.8. The molecule has 20 heavy (non-hydrogen) atoms. The van der Waals surface area contributed by atoms with Gasteiger partial charge in [-0.25, -0.2) is 4.98 Å². The highest BCUT2D eigenvalue weighted by Gasteiger charge is 2.09. The fourth-order valence-electron chi connectivity index (χ4n) is 2.40. The van der Waals surface area contributed by atoms with E-state index < -0.39 is 0 Å². The number of nitrogen functional groups attached to an aromatic ring is 1. The molecule has 0 atom stereocenters. The summed E-state index contributed by atoms with van der Waals surface area (Å²) in [5.41, 5.74) is 10.9. The minimum atomic E-state index is 0.462. The molecule has 0 unspecified atom stereocenters. The third-order valence-corrected chi connectivity index (χ3v) is 3.30. The molecule has 0 aliphatic heterocycles. The van der Waals surface area contributed by atoms with Crippen molar-refractivity contribution in [2.75, 3.05) is 12.8 Å². The quantitative estimate of drug-likeness (QED) is 0.785. The number of anilines is 1. The molecule has 0 aliphatic carbocycles. The van der Waals surface area contributed by atoms with Gasteiger partial charge in [-0.1, -0.05) is 48.5 Å². The first-order valence-electron chi connectivity index (χ1n) is 6.52. The molecule has 0 bridgehead atoms. The molecule has 0 spiro atoms. The molecule has 100 valence electrons. The summed E-state index contributed by atoms with van der Waals surface area (Å²) in [6, 6.07) is 18.2. The van der Waals surface area contributed by atoms with E-state index in [-0.39, 0.29) is 0 Å². The second kappa shape index (κ2) is 5.31. The third kappa shape index (κ3) is 2.24. The van der Waals surface area contributed by atoms with E-state index in [1.54, 1.807) is 7.11 Å². The van der Waals surface area contributed by atoms with Crippen molar-refractivity contribution in [1.82, 2.24) is 4.98 Å². The Balaban J connectivity index is 2.27. The fraction of sp³-hybridized carbons (Fsp3) is 0.118. The van der Waals surface area contributed by atoms with Crippen LogP contribution in [-0.2, 0) is 11.3 Å². The third-order valence-electron chi connectivity index (χ3n) is 3.30. The molecule has 3 nitrogen and oxygen atoms in total. The van der Waals surface area contributed by atoms with Gasteiger partial charge in [-0.3, -0.25) is 0 Å². The average Bonchev–Trinajstić information content (AvgIpc) is 2.48. The van der Waals surface area contributed by atoms with Crippen molar-refractivity contribution in [3.05, 3.63) is 60.3 Å². The molecule has 0 saturated heterocycles. The first kappa shape index (κ1) is 12.6. The van der Waals surface area contributed by atoms with Crippen LogP contribution >= 0.6 is 0 Å². The molecule has 1 heterocycles. The van der Waals surface area contributed by atoms with Crippen LogP contribution in [0.5, 0.6) is 0 Å². The SMILES string of the molecule is COCc1cc(N)c2cccc(-c3ccccc3)c2n1. The van der Waals surface area contributed by atoms with E-state index in [1.165, 1.54) is 0 Å². The van der Waals surface area contributed by atoms with Crippen LogP contribution in [0.15, 0.2) is 54.6 Å². The minimum Gasteiger partial charge on any atom is -0.398 e. The molecule has 2 aromatic carbocycles. The van der Waals surface area contributed by atoms with Crippen LogP contribution in [0, 0.1) is 0 Å². The Bertz CT molecular complexity index is 739. The zero-order valence-corrected chi connectivity index (χ0v) is 11.3. The number of fused-ring (bicyclic) bond motifs is 1. The lowest BCUT2D eigenvalue weighted by Crippen LogP contribution is -1.98. The topological polar surface area (TPSA) is 48.1 Å². The second-order valence-electron chi connectivity index (χ2n) is 4.70. The molecule has 3 aromatic rings. The lowest BCUT2D eigenvalue weighted by molar-refractivity contribution is 0.182. The van der Waals surface area contributed by atoms with E-state index in [4.69, 9.17) is 15.5 Å². The number of benzene rings is 2. The predicted molar refractivity (Wildman–Crippen MR) is 82.3 cm³/mol. The van der Waals surface area contributed by atoms with E-state index in [1.807, 2.05) is 36.4 Å². The maximum absolute atomic E-state index is 6.14. The zero-order chi connectivity index (χ0) is 13.9. The Labute approximate surface area is 118 Å². The summed E-state index contributed by atoms with van der Waals surface area (Å²) in [7, 11) is 1.66. The van der Waals surface area contributed by atoms with E-state index in [9.17, 15) is 0 Å². The molecule has 3 heteroatoms. The molecule has 0 amide bonds. The van der Waals surface area contributed by atoms with Crippen LogP contribution in [0.1, 0.15) is 5.69 Å². The molecule has 1 aromatic heterocycles. The molecular weight excluding hydrogens is 248 g/mol. The van der Waals surface area contributed by atoms with E-state index in [0.29, 0.717) is 6.61 Å². The van der Waals surface area contributed by atoms with Crippen molar-refractivity contribution >= 4 is 16.6 Å². The molecular formula is C17H16N2O. The minimum absolute atomic E-state index is 0.462. The van der Waals surface area contributed by atoms with Crippen molar-refractivity contribution in [3.8, 4) is 11.1 Å². The number of nitrogens with zero attached hydrogens (tertiary/aromatic N) is 1. The van der Waals surface area contributed by atoms with Crippen molar-refractivity contribution in [3.63, 3.8) is 0 Å². The van der Waals surface area contributed by atoms with Crippen LogP contribution in [0.25, 0.3) is 22.0 Å². The number of hydrogen-bond acceptors (Lipinski definition) is 3. The Morgan fingerprint density at radius 1 is 1.05 bits per heavy atom. The van der Waals surface area contributed by atoms with Gasteiger partial charge in [0.15, 0.2) is 0 Å². The molecule has 3 rings (SSSR count). The van der Waals surface area contributed by atoms with Gasteiger partial charge in [0.05, 0.1) is 17.8 Å². The number of nitrogens with two attached hydrogens (primary N) is 1. The number of para-hydroxylation sites is 1. The van der Waals surface area contributed by atoms with Crippen LogP contribution in [0.4, 0.5) is 5.69 Å². The van der Waals surface area contributed by atoms with Crippen LogP contribution in [0.2, 0.25) is 0 Å². The Hall–Kier alpha value is -2.39. The number of aromatic nitrogens is 1. The summed E-state index contributed by atoms with van der Waals surface area (Å²) < 4.78 is 5.16. The van der Waals surface area contributed by atoms with Gasteiger partial charge in [0, 0.05) is 23.7 Å². The van der Waals surface area contributed by atoms with Gasteiger partial charge in [0.1, 0.15) is 0 Å². The van der Waals surface area contributed by atoms with Gasteiger partial charge in [0.2, 0.25) is 0 Å². The van der Waals surface area contributed by atoms with Crippen molar-refractivity contribution in [2.45, 2.75) is 6.61 Å². The van der Waals surface area contributed by atoms with E-state index in [0.717, 1.165) is 33.4 Å². The smallest absolute Gasteiger partial charge is 0.0885 e. The molecule has 2 N–H and O–H groups in total. The first-order valence-corrected chi connectivity index (χ1v) is 6.52. The van der Waals surface area contributed by atoms with Crippen LogP contribution in [0.3, 0.4) is 0 Å². The van der Waals surface area contributed by atoms with E-state index in [2.05, 4.69) is 18.2 Å². The Morgan fingerprint density at radius 3 is 2.60 bits per heavy atom. The maximum atomic E-state index is 6.14. The summed E-state index contributed by atoms with van der Waals surface area (Å²) in [5.74, 6) is 0. The Morgan fingerprint density at radius 2 is 1.85 bits per heavy atom. The van der Waals surface area contributed by atoms with Crippen LogP contribution in [-0.4, -0.2) is 12.1 Å². The zero-order valence-electron chi connectivity index (χ0n) is 11.3. The highest BCUT2D eigenvalue weighted by Crippen LogP contribution is 2.30. The second-order valence-corrected chi connectivity index (χ2v) is 4.70. The van der Waals surface area contributed by atoms with Gasteiger partial charge < -0.3 is 10.5 Å². The number of pyridine rings is 1. The van der Waals surface area contributed by atoms with Gasteiger partial charge in [-0.15, -0.1) is 0 Å². The first-order chi connectivity index (χ1) is 9.79. The van der Waals surface area contributed by atoms with E-state index >= 15 is 0 Å². The number of methoxy groups -OCH3 is 1. The van der Waals surface area contributed by atoms with Gasteiger partial charge in [0.25, 0.3) is 0 Å². The summed E-state index contributed by atoms with van der Waals surface area (Å²) in [6.45, 7) is 0.462. The molecule has 0 saturated carbocycles. The Kier molecular flexibility index (Phi) is 3.35. The molecule has 0 radical (unpaired) electrons. The lowest BCUT2D eigenvalue weighted by Gasteiger charge is -2.10. The molecule has 0 fully saturated rings. The van der Waals surface area contributed by atoms with Crippen molar-refractivity contribution in [2.24, 2.45) is 0 Å². The summed E-state index contributed by atoms with van der Waals surface area (Å²) in [6.07, 6.45) is 0. The standard InChI is InChI=1S/C17H16N2O/c1-20-11-13-10-16(18)15-9-5-8-14(17(15)19-13)12-6-3-2-4-7-12/h2-10H,11H2,1H3,(H2,18,19). The monoisotopic (exact) mass is 264 g/mol. The summed E-state index contributed by atoms with van der Waals surface area (Å²) >= 11 is 0. The van der Waals surface area contributed by atoms with Crippen LogP contribution < -0.4 is 5.73 Å². The fourth-order valence-corrected chi connectivity index (χ4v) is 2.40. The van der Waals surface area contributed by atoms with Gasteiger partial charge >= 0.3 is 0 Å². The number of ether oxygens (including phenoxy) is 1. The highest BCUT2D eigenvalue weighted by molar-refractivity contribution is 5.99. The molecule has 0 aliphatic rings. The highest BCUT2D eigenvalue weighted by atomic mass is 16.5. The summed E-state index contributed by atoms with van der Waals surface area (Å²) in [5, 5.41) is 0.978. The lowest BCUT2D eigenvalue weighted by atomic mass is 10.0. The van der Waals surface area contributed by atoms with Crippen molar-refractivity contribution in [1.29, 1.82) is 0 Å². The average molecular weight is 264 g/mol. The predicted octanol–water partition coefficient (Wildman–Crippen LogP) is 3.63. The maximum Gasteiger partial charge on any atom is 0.0885 e. The van der Waals surface area contributed by atoms with Gasteiger partial charge in [-0.2, -0.15) is 0 Å². The number of hydrogen-bond donors (Lipinski definition) is 1. The summed E-state index contributed by atoms with van der Waals surface area (Å²) in [4.78, 5) is 4.70. The largest absolute Gasteiger partial charge is 0.398 e. The number of rotatable bonds is 3.